The van der Waals surface area contributed by atoms with Crippen LogP contribution in [0.15, 0.2) is 35.8 Å². The summed E-state index contributed by atoms with van der Waals surface area (Å²) >= 11 is 1.84. The second-order valence-electron chi connectivity index (χ2n) is 5.13. The number of anilines is 1. The van der Waals surface area contributed by atoms with Crippen molar-refractivity contribution in [2.45, 2.75) is 32.9 Å². The van der Waals surface area contributed by atoms with Crippen LogP contribution in [0.1, 0.15) is 24.3 Å². The Morgan fingerprint density at radius 3 is 2.80 bits per heavy atom. The number of nitrogens with one attached hydrogen (secondary N) is 1. The minimum absolute atomic E-state index is 0.530. The molecular formula is C16H23N3S. The third-order valence-corrected chi connectivity index (χ3v) is 4.34. The van der Waals surface area contributed by atoms with Gasteiger partial charge in [0.15, 0.2) is 0 Å². The maximum absolute atomic E-state index is 4.42. The van der Waals surface area contributed by atoms with Gasteiger partial charge in [-0.1, -0.05) is 12.1 Å². The minimum Gasteiger partial charge on any atom is -0.370 e. The van der Waals surface area contributed by atoms with Crippen LogP contribution < -0.4 is 5.32 Å². The fraction of sp³-hybridized carbons (Fsp3) is 0.438. The molecule has 0 aliphatic heterocycles. The molecule has 0 bridgehead atoms. The predicted molar refractivity (Wildman–Crippen MR) is 87.4 cm³/mol. The van der Waals surface area contributed by atoms with Crippen LogP contribution in [0.4, 0.5) is 5.82 Å². The zero-order valence-electron chi connectivity index (χ0n) is 12.5. The first-order valence-electron chi connectivity index (χ1n) is 7.10. The van der Waals surface area contributed by atoms with E-state index < -0.39 is 0 Å². The van der Waals surface area contributed by atoms with Crippen LogP contribution in [-0.4, -0.2) is 29.5 Å². The average molecular weight is 289 g/mol. The minimum atomic E-state index is 0.530. The number of thiophene rings is 1. The summed E-state index contributed by atoms with van der Waals surface area (Å²) in [6, 6.07) is 9.07. The Morgan fingerprint density at radius 2 is 2.20 bits per heavy atom. The number of pyridine rings is 1. The van der Waals surface area contributed by atoms with Gasteiger partial charge in [-0.15, -0.1) is 11.3 Å². The molecule has 0 spiro atoms. The summed E-state index contributed by atoms with van der Waals surface area (Å²) in [5.41, 5.74) is 1.26. The maximum atomic E-state index is 4.42. The van der Waals surface area contributed by atoms with Gasteiger partial charge in [0.25, 0.3) is 0 Å². The molecule has 1 N–H and O–H groups in total. The first-order chi connectivity index (χ1) is 9.69. The highest BCUT2D eigenvalue weighted by molar-refractivity contribution is 7.09. The number of likely N-dealkylation sites (N-methyl/N-ethyl adjacent to an activating group) is 1. The van der Waals surface area contributed by atoms with Gasteiger partial charge in [0.05, 0.1) is 0 Å². The van der Waals surface area contributed by atoms with Crippen LogP contribution in [0.5, 0.6) is 0 Å². The Bertz CT molecular complexity index is 493. The van der Waals surface area contributed by atoms with Crippen molar-refractivity contribution in [1.82, 2.24) is 9.88 Å². The summed E-state index contributed by atoms with van der Waals surface area (Å²) in [6.07, 6.45) is 3.07. The summed E-state index contributed by atoms with van der Waals surface area (Å²) < 4.78 is 0. The van der Waals surface area contributed by atoms with E-state index in [2.05, 4.69) is 65.7 Å². The molecule has 3 nitrogen and oxygen atoms in total. The summed E-state index contributed by atoms with van der Waals surface area (Å²) in [4.78, 5) is 8.25. The van der Waals surface area contributed by atoms with Gasteiger partial charge in [0, 0.05) is 30.2 Å². The highest BCUT2D eigenvalue weighted by atomic mass is 32.1. The Kier molecular flexibility index (Phi) is 5.56. The smallest absolute Gasteiger partial charge is 0.125 e. The predicted octanol–water partition coefficient (Wildman–Crippen LogP) is 3.64. The van der Waals surface area contributed by atoms with Gasteiger partial charge in [0.1, 0.15) is 5.82 Å². The van der Waals surface area contributed by atoms with Crippen LogP contribution in [0.25, 0.3) is 0 Å². The first-order valence-corrected chi connectivity index (χ1v) is 7.98. The Morgan fingerprint density at radius 1 is 1.35 bits per heavy atom. The van der Waals surface area contributed by atoms with Crippen molar-refractivity contribution in [3.8, 4) is 0 Å². The summed E-state index contributed by atoms with van der Waals surface area (Å²) in [5, 5.41) is 5.36. The molecule has 20 heavy (non-hydrogen) atoms. The SMILES string of the molecule is CCNc1ccc(CN(C)C(C)Cc2cccs2)cn1. The lowest BCUT2D eigenvalue weighted by Crippen LogP contribution is -2.30. The third kappa shape index (κ3) is 4.32. The monoisotopic (exact) mass is 289 g/mol. The standard InChI is InChI=1S/C16H23N3S/c1-4-17-16-8-7-14(11-18-16)12-19(3)13(2)10-15-6-5-9-20-15/h5-9,11,13H,4,10,12H2,1-3H3,(H,17,18). The van der Waals surface area contributed by atoms with E-state index in [0.717, 1.165) is 25.3 Å². The van der Waals surface area contributed by atoms with Crippen LogP contribution in [-0.2, 0) is 13.0 Å². The van der Waals surface area contributed by atoms with E-state index in [1.807, 2.05) is 17.5 Å². The van der Waals surface area contributed by atoms with E-state index in [1.165, 1.54) is 10.4 Å². The second-order valence-corrected chi connectivity index (χ2v) is 6.16. The van der Waals surface area contributed by atoms with E-state index in [0.29, 0.717) is 6.04 Å². The molecule has 1 atom stereocenters. The molecule has 2 aromatic rings. The lowest BCUT2D eigenvalue weighted by atomic mass is 10.1. The normalized spacial score (nSPS) is 12.6. The lowest BCUT2D eigenvalue weighted by molar-refractivity contribution is 0.249. The lowest BCUT2D eigenvalue weighted by Gasteiger charge is -2.24. The molecule has 0 saturated heterocycles. The zero-order chi connectivity index (χ0) is 14.4. The Balaban J connectivity index is 1.88. The van der Waals surface area contributed by atoms with Gasteiger partial charge in [-0.05, 0) is 50.4 Å². The Hall–Kier alpha value is -1.39. The van der Waals surface area contributed by atoms with Crippen molar-refractivity contribution >= 4 is 17.2 Å². The third-order valence-electron chi connectivity index (χ3n) is 3.44. The summed E-state index contributed by atoms with van der Waals surface area (Å²) in [6.45, 7) is 6.20. The second kappa shape index (κ2) is 7.41. The first kappa shape index (κ1) is 15.0. The molecule has 0 amide bonds. The molecular weight excluding hydrogens is 266 g/mol. The molecule has 4 heteroatoms. The number of rotatable bonds is 7. The van der Waals surface area contributed by atoms with Crippen molar-refractivity contribution in [2.24, 2.45) is 0 Å². The molecule has 0 fully saturated rings. The molecule has 1 unspecified atom stereocenters. The fourth-order valence-electron chi connectivity index (χ4n) is 2.12. The molecule has 0 aliphatic rings. The van der Waals surface area contributed by atoms with Crippen molar-refractivity contribution in [1.29, 1.82) is 0 Å². The number of hydrogen-bond acceptors (Lipinski definition) is 4. The molecule has 2 aromatic heterocycles. The summed E-state index contributed by atoms with van der Waals surface area (Å²) in [7, 11) is 2.18. The molecule has 0 radical (unpaired) electrons. The molecule has 0 aromatic carbocycles. The van der Waals surface area contributed by atoms with Crippen LogP contribution in [0, 0.1) is 0 Å². The Labute approximate surface area is 125 Å². The van der Waals surface area contributed by atoms with Crippen molar-refractivity contribution < 1.29 is 0 Å². The van der Waals surface area contributed by atoms with Crippen LogP contribution in [0.3, 0.4) is 0 Å². The highest BCUT2D eigenvalue weighted by Gasteiger charge is 2.11. The number of nitrogens with zero attached hydrogens (tertiary/aromatic N) is 2. The van der Waals surface area contributed by atoms with E-state index in [-0.39, 0.29) is 0 Å². The largest absolute Gasteiger partial charge is 0.370 e. The van der Waals surface area contributed by atoms with Crippen LogP contribution >= 0.6 is 11.3 Å². The number of hydrogen-bond donors (Lipinski definition) is 1. The van der Waals surface area contributed by atoms with Gasteiger partial charge >= 0.3 is 0 Å². The molecule has 2 heterocycles. The maximum Gasteiger partial charge on any atom is 0.125 e. The molecule has 2 rings (SSSR count). The van der Waals surface area contributed by atoms with Gasteiger partial charge < -0.3 is 5.32 Å². The fourth-order valence-corrected chi connectivity index (χ4v) is 2.95. The quantitative estimate of drug-likeness (QED) is 0.843. The van der Waals surface area contributed by atoms with Crippen molar-refractivity contribution in [3.63, 3.8) is 0 Å². The van der Waals surface area contributed by atoms with Crippen molar-refractivity contribution in [2.75, 3.05) is 18.9 Å². The van der Waals surface area contributed by atoms with Gasteiger partial charge in [-0.3, -0.25) is 4.90 Å². The van der Waals surface area contributed by atoms with Gasteiger partial charge in [-0.2, -0.15) is 0 Å². The van der Waals surface area contributed by atoms with Crippen LogP contribution in [0.2, 0.25) is 0 Å². The summed E-state index contributed by atoms with van der Waals surface area (Å²) in [5.74, 6) is 0.950. The van der Waals surface area contributed by atoms with E-state index in [9.17, 15) is 0 Å². The van der Waals surface area contributed by atoms with Gasteiger partial charge in [0.2, 0.25) is 0 Å². The average Bonchev–Trinajstić information content (AvgIpc) is 2.94. The molecule has 108 valence electrons. The van der Waals surface area contributed by atoms with E-state index in [4.69, 9.17) is 0 Å². The highest BCUT2D eigenvalue weighted by Crippen LogP contribution is 2.15. The van der Waals surface area contributed by atoms with E-state index >= 15 is 0 Å². The number of aromatic nitrogens is 1. The zero-order valence-corrected chi connectivity index (χ0v) is 13.3. The molecule has 0 saturated carbocycles. The topological polar surface area (TPSA) is 28.2 Å². The van der Waals surface area contributed by atoms with E-state index in [1.54, 1.807) is 0 Å². The van der Waals surface area contributed by atoms with Gasteiger partial charge in [-0.25, -0.2) is 4.98 Å². The molecule has 0 aliphatic carbocycles. The van der Waals surface area contributed by atoms with Crippen molar-refractivity contribution in [3.05, 3.63) is 46.3 Å².